The number of nitrogens with zero attached hydrogens (tertiary/aromatic N) is 4. The molecule has 0 aliphatic carbocycles. The Hall–Kier alpha value is -2.39. The molecule has 22 heavy (non-hydrogen) atoms. The molecular formula is C12H11ClN6O2S. The lowest BCUT2D eigenvalue weighted by Crippen LogP contribution is -2.14. The summed E-state index contributed by atoms with van der Waals surface area (Å²) < 4.78 is 29.0. The molecule has 8 nitrogen and oxygen atoms in total. The molecule has 0 aliphatic heterocycles. The van der Waals surface area contributed by atoms with Gasteiger partial charge in [-0.2, -0.15) is 5.10 Å². The lowest BCUT2D eigenvalue weighted by Gasteiger charge is -2.09. The Bertz CT molecular complexity index is 904. The predicted octanol–water partition coefficient (Wildman–Crippen LogP) is 1.75. The lowest BCUT2D eigenvalue weighted by molar-refractivity contribution is 0.601. The molecule has 3 aromatic rings. The first-order chi connectivity index (χ1) is 10.5. The second kappa shape index (κ2) is 5.43. The van der Waals surface area contributed by atoms with Crippen LogP contribution in [-0.4, -0.2) is 33.4 Å². The molecule has 3 rings (SSSR count). The summed E-state index contributed by atoms with van der Waals surface area (Å²) in [6, 6.07) is 6.01. The van der Waals surface area contributed by atoms with E-state index in [9.17, 15) is 8.42 Å². The van der Waals surface area contributed by atoms with Crippen LogP contribution in [0.4, 0.5) is 5.69 Å². The van der Waals surface area contributed by atoms with Gasteiger partial charge in [0.1, 0.15) is 18.3 Å². The van der Waals surface area contributed by atoms with Crippen molar-refractivity contribution in [3.8, 4) is 5.82 Å². The molecule has 2 heterocycles. The van der Waals surface area contributed by atoms with Crippen molar-refractivity contribution in [1.82, 2.24) is 25.0 Å². The van der Waals surface area contributed by atoms with E-state index in [2.05, 4.69) is 25.1 Å². The second-order valence-electron chi connectivity index (χ2n) is 4.48. The third kappa shape index (κ3) is 2.68. The average molecular weight is 339 g/mol. The van der Waals surface area contributed by atoms with Crippen LogP contribution in [0.15, 0.2) is 41.8 Å². The molecule has 0 atom stereocenters. The number of aromatic nitrogens is 5. The smallest absolute Gasteiger partial charge is 0.262 e. The minimum atomic E-state index is -3.79. The van der Waals surface area contributed by atoms with Gasteiger partial charge in [-0.25, -0.2) is 8.42 Å². The largest absolute Gasteiger partial charge is 0.279 e. The van der Waals surface area contributed by atoms with Gasteiger partial charge < -0.3 is 0 Å². The molecule has 0 bridgehead atoms. The number of anilines is 1. The Balaban J connectivity index is 2.02. The maximum Gasteiger partial charge on any atom is 0.262 e. The van der Waals surface area contributed by atoms with E-state index in [1.807, 2.05) is 0 Å². The summed E-state index contributed by atoms with van der Waals surface area (Å²) in [5, 5.41) is 14.5. The highest BCUT2D eigenvalue weighted by Crippen LogP contribution is 2.25. The lowest BCUT2D eigenvalue weighted by atomic mass is 10.4. The number of sulfonamides is 1. The van der Waals surface area contributed by atoms with Crippen LogP contribution in [0, 0.1) is 6.92 Å². The van der Waals surface area contributed by atoms with Crippen molar-refractivity contribution in [2.75, 3.05) is 4.72 Å². The molecule has 2 aromatic heterocycles. The highest BCUT2D eigenvalue weighted by atomic mass is 35.5. The summed E-state index contributed by atoms with van der Waals surface area (Å²) in [5.74, 6) is 0.355. The zero-order valence-electron chi connectivity index (χ0n) is 11.4. The number of H-pyrrole nitrogens is 1. The SMILES string of the molecule is Cc1[nH]nc(-n2cnnc2)c1NS(=O)(=O)c1cccc(Cl)c1. The van der Waals surface area contributed by atoms with Crippen LogP contribution in [0.3, 0.4) is 0 Å². The molecule has 0 spiro atoms. The van der Waals surface area contributed by atoms with Crippen molar-refractivity contribution in [3.63, 3.8) is 0 Å². The van der Waals surface area contributed by atoms with E-state index in [1.54, 1.807) is 19.1 Å². The second-order valence-corrected chi connectivity index (χ2v) is 6.60. The molecule has 0 unspecified atom stereocenters. The van der Waals surface area contributed by atoms with Crippen molar-refractivity contribution in [2.45, 2.75) is 11.8 Å². The Morgan fingerprint density at radius 2 is 2.00 bits per heavy atom. The monoisotopic (exact) mass is 338 g/mol. The van der Waals surface area contributed by atoms with E-state index < -0.39 is 10.0 Å². The van der Waals surface area contributed by atoms with Crippen molar-refractivity contribution in [1.29, 1.82) is 0 Å². The highest BCUT2D eigenvalue weighted by molar-refractivity contribution is 7.92. The fourth-order valence-corrected chi connectivity index (χ4v) is 3.29. The van der Waals surface area contributed by atoms with Crippen LogP contribution in [0.2, 0.25) is 5.02 Å². The van der Waals surface area contributed by atoms with Gasteiger partial charge in [-0.15, -0.1) is 10.2 Å². The van der Waals surface area contributed by atoms with Crippen LogP contribution in [0.5, 0.6) is 0 Å². The molecule has 10 heteroatoms. The average Bonchev–Trinajstić information content (AvgIpc) is 3.10. The third-order valence-electron chi connectivity index (χ3n) is 2.93. The molecule has 0 fully saturated rings. The fraction of sp³-hybridized carbons (Fsp3) is 0.0833. The standard InChI is InChI=1S/C12H11ClN6O2S/c1-8-11(12(17-16-8)19-6-14-15-7-19)18-22(20,21)10-4-2-3-9(13)5-10/h2-7,18H,1H3,(H,16,17). The van der Waals surface area contributed by atoms with E-state index in [-0.39, 0.29) is 4.90 Å². The molecule has 114 valence electrons. The number of hydrogen-bond donors (Lipinski definition) is 2. The number of aryl methyl sites for hydroxylation is 1. The van der Waals surface area contributed by atoms with Gasteiger partial charge in [0, 0.05) is 5.02 Å². The first kappa shape index (κ1) is 14.5. The maximum absolute atomic E-state index is 12.5. The molecule has 1 aromatic carbocycles. The Morgan fingerprint density at radius 3 is 2.68 bits per heavy atom. The highest BCUT2D eigenvalue weighted by Gasteiger charge is 2.20. The van der Waals surface area contributed by atoms with E-state index in [4.69, 9.17) is 11.6 Å². The van der Waals surface area contributed by atoms with Gasteiger partial charge in [-0.3, -0.25) is 14.4 Å². The third-order valence-corrected chi connectivity index (χ3v) is 4.52. The van der Waals surface area contributed by atoms with Gasteiger partial charge in [0.05, 0.1) is 10.6 Å². The first-order valence-electron chi connectivity index (χ1n) is 6.16. The zero-order valence-corrected chi connectivity index (χ0v) is 12.9. The summed E-state index contributed by atoms with van der Waals surface area (Å²) >= 11 is 5.85. The number of rotatable bonds is 4. The molecule has 2 N–H and O–H groups in total. The quantitative estimate of drug-likeness (QED) is 0.754. The summed E-state index contributed by atoms with van der Waals surface area (Å²) in [5.41, 5.74) is 0.883. The van der Waals surface area contributed by atoms with Crippen molar-refractivity contribution < 1.29 is 8.42 Å². The molecule has 0 radical (unpaired) electrons. The normalized spacial score (nSPS) is 11.5. The minimum absolute atomic E-state index is 0.0651. The van der Waals surface area contributed by atoms with Crippen molar-refractivity contribution in [2.24, 2.45) is 0 Å². The van der Waals surface area contributed by atoms with E-state index >= 15 is 0 Å². The zero-order chi connectivity index (χ0) is 15.7. The van der Waals surface area contributed by atoms with E-state index in [1.165, 1.54) is 29.4 Å². The summed E-state index contributed by atoms with van der Waals surface area (Å²) in [7, 11) is -3.79. The summed E-state index contributed by atoms with van der Waals surface area (Å²) in [6.45, 7) is 1.71. The van der Waals surface area contributed by atoms with Crippen molar-refractivity contribution >= 4 is 27.3 Å². The summed E-state index contributed by atoms with van der Waals surface area (Å²) in [4.78, 5) is 0.0651. The van der Waals surface area contributed by atoms with E-state index in [0.29, 0.717) is 22.2 Å². The maximum atomic E-state index is 12.5. The van der Waals surface area contributed by atoms with Gasteiger partial charge in [0.2, 0.25) is 0 Å². The van der Waals surface area contributed by atoms with Gasteiger partial charge >= 0.3 is 0 Å². The number of aromatic amines is 1. The van der Waals surface area contributed by atoms with Gasteiger partial charge in [0.25, 0.3) is 10.0 Å². The molecular weight excluding hydrogens is 328 g/mol. The molecule has 0 aliphatic rings. The first-order valence-corrected chi connectivity index (χ1v) is 8.02. The number of halogens is 1. The van der Waals surface area contributed by atoms with E-state index in [0.717, 1.165) is 0 Å². The Kier molecular flexibility index (Phi) is 3.59. The number of benzene rings is 1. The predicted molar refractivity (Wildman–Crippen MR) is 80.5 cm³/mol. The minimum Gasteiger partial charge on any atom is -0.279 e. The Morgan fingerprint density at radius 1 is 1.27 bits per heavy atom. The Labute approximate surface area is 131 Å². The van der Waals surface area contributed by atoms with Gasteiger partial charge in [-0.1, -0.05) is 17.7 Å². The topological polar surface area (TPSA) is 106 Å². The van der Waals surface area contributed by atoms with Crippen LogP contribution >= 0.6 is 11.6 Å². The molecule has 0 saturated heterocycles. The molecule has 0 amide bonds. The fourth-order valence-electron chi connectivity index (χ4n) is 1.86. The van der Waals surface area contributed by atoms with Crippen LogP contribution in [0.1, 0.15) is 5.69 Å². The summed E-state index contributed by atoms with van der Waals surface area (Å²) in [6.07, 6.45) is 2.85. The van der Waals surface area contributed by atoms with Crippen LogP contribution < -0.4 is 4.72 Å². The van der Waals surface area contributed by atoms with Gasteiger partial charge in [-0.05, 0) is 25.1 Å². The van der Waals surface area contributed by atoms with Crippen LogP contribution in [-0.2, 0) is 10.0 Å². The molecule has 0 saturated carbocycles. The van der Waals surface area contributed by atoms with Gasteiger partial charge in [0.15, 0.2) is 5.82 Å². The van der Waals surface area contributed by atoms with Crippen LogP contribution in [0.25, 0.3) is 5.82 Å². The number of nitrogens with one attached hydrogen (secondary N) is 2. The number of hydrogen-bond acceptors (Lipinski definition) is 5. The van der Waals surface area contributed by atoms with Crippen molar-refractivity contribution in [3.05, 3.63) is 47.6 Å².